The number of fused-ring (bicyclic) bond motifs is 2. The maximum atomic E-state index is 12.9. The van der Waals surface area contributed by atoms with E-state index in [0.29, 0.717) is 24.9 Å². The van der Waals surface area contributed by atoms with E-state index in [9.17, 15) is 9.59 Å². The van der Waals surface area contributed by atoms with Crippen LogP contribution in [0.3, 0.4) is 0 Å². The number of hydrogen-bond donors (Lipinski definition) is 2. The predicted molar refractivity (Wildman–Crippen MR) is 104 cm³/mol. The second kappa shape index (κ2) is 7.95. The van der Waals surface area contributed by atoms with E-state index in [-0.39, 0.29) is 23.7 Å². The Morgan fingerprint density at radius 1 is 0.704 bits per heavy atom. The molecule has 4 atom stereocenters. The van der Waals surface area contributed by atoms with E-state index >= 15 is 0 Å². The third-order valence-corrected chi connectivity index (χ3v) is 6.14. The normalized spacial score (nSPS) is 25.9. The van der Waals surface area contributed by atoms with Gasteiger partial charge in [-0.1, -0.05) is 60.7 Å². The zero-order chi connectivity index (χ0) is 18.6. The van der Waals surface area contributed by atoms with Crippen molar-refractivity contribution in [1.82, 2.24) is 10.6 Å². The Morgan fingerprint density at radius 2 is 1.11 bits per heavy atom. The molecule has 140 valence electrons. The smallest absolute Gasteiger partial charge is 0.224 e. The highest BCUT2D eigenvalue weighted by Crippen LogP contribution is 2.52. The minimum atomic E-state index is -0.191. The van der Waals surface area contributed by atoms with Crippen molar-refractivity contribution < 1.29 is 9.59 Å². The summed E-state index contributed by atoms with van der Waals surface area (Å²) in [7, 11) is 0. The van der Waals surface area contributed by atoms with Crippen LogP contribution in [0.5, 0.6) is 0 Å². The van der Waals surface area contributed by atoms with Crippen molar-refractivity contribution in [3.63, 3.8) is 0 Å². The fourth-order valence-corrected chi connectivity index (χ4v) is 4.85. The van der Waals surface area contributed by atoms with Crippen LogP contribution in [0, 0.1) is 23.7 Å². The molecule has 2 aromatic carbocycles. The van der Waals surface area contributed by atoms with Crippen molar-refractivity contribution in [3.05, 3.63) is 71.8 Å². The van der Waals surface area contributed by atoms with Crippen molar-refractivity contribution >= 4 is 11.8 Å². The van der Waals surface area contributed by atoms with Gasteiger partial charge < -0.3 is 10.6 Å². The van der Waals surface area contributed by atoms with Crippen molar-refractivity contribution in [2.45, 2.75) is 32.4 Å². The molecule has 2 fully saturated rings. The summed E-state index contributed by atoms with van der Waals surface area (Å²) in [5.74, 6) is 0.375. The molecule has 4 rings (SSSR count). The summed E-state index contributed by atoms with van der Waals surface area (Å²) >= 11 is 0. The van der Waals surface area contributed by atoms with Gasteiger partial charge in [0, 0.05) is 13.1 Å². The summed E-state index contributed by atoms with van der Waals surface area (Å²) in [5, 5.41) is 6.13. The Labute approximate surface area is 160 Å². The van der Waals surface area contributed by atoms with E-state index in [4.69, 9.17) is 0 Å². The molecule has 2 aliphatic carbocycles. The van der Waals surface area contributed by atoms with Crippen LogP contribution in [0.2, 0.25) is 0 Å². The molecule has 2 aliphatic rings. The third-order valence-electron chi connectivity index (χ3n) is 6.14. The molecular formula is C23H26N2O2. The van der Waals surface area contributed by atoms with Gasteiger partial charge in [-0.15, -0.1) is 0 Å². The van der Waals surface area contributed by atoms with Gasteiger partial charge in [-0.25, -0.2) is 0 Å². The molecule has 27 heavy (non-hydrogen) atoms. The van der Waals surface area contributed by atoms with Crippen molar-refractivity contribution in [2.75, 3.05) is 0 Å². The third kappa shape index (κ3) is 3.90. The van der Waals surface area contributed by atoms with Crippen LogP contribution in [-0.4, -0.2) is 11.8 Å². The molecule has 0 radical (unpaired) electrons. The minimum Gasteiger partial charge on any atom is -0.352 e. The largest absolute Gasteiger partial charge is 0.352 e. The fourth-order valence-electron chi connectivity index (χ4n) is 4.85. The van der Waals surface area contributed by atoms with Gasteiger partial charge in [0.15, 0.2) is 0 Å². The van der Waals surface area contributed by atoms with Crippen LogP contribution in [0.4, 0.5) is 0 Å². The van der Waals surface area contributed by atoms with Crippen molar-refractivity contribution in [3.8, 4) is 0 Å². The Bertz CT molecular complexity index is 723. The van der Waals surface area contributed by atoms with Gasteiger partial charge in [0.25, 0.3) is 0 Å². The van der Waals surface area contributed by atoms with Gasteiger partial charge >= 0.3 is 0 Å². The molecule has 2 N–H and O–H groups in total. The number of amides is 2. The molecular weight excluding hydrogens is 336 g/mol. The van der Waals surface area contributed by atoms with E-state index in [1.54, 1.807) is 0 Å². The van der Waals surface area contributed by atoms with Gasteiger partial charge in [-0.2, -0.15) is 0 Å². The van der Waals surface area contributed by atoms with Crippen LogP contribution in [-0.2, 0) is 22.7 Å². The number of benzene rings is 2. The second-order valence-corrected chi connectivity index (χ2v) is 7.79. The summed E-state index contributed by atoms with van der Waals surface area (Å²) in [6.07, 6.45) is 3.14. The molecule has 0 saturated heterocycles. The standard InChI is InChI=1S/C23H26N2O2/c26-22(24-14-16-7-3-1-4-8-16)20-18-11-12-19(13-18)21(20)23(27)25-15-17-9-5-2-6-10-17/h1-10,18-21H,11-15H2,(H,24,26)(H,25,27)/t18-,19-,20-,21+/m0/s1. The topological polar surface area (TPSA) is 58.2 Å². The predicted octanol–water partition coefficient (Wildman–Crippen LogP) is 3.28. The first-order valence-electron chi connectivity index (χ1n) is 9.85. The van der Waals surface area contributed by atoms with Gasteiger partial charge in [-0.3, -0.25) is 9.59 Å². The molecule has 2 saturated carbocycles. The molecule has 0 unspecified atom stereocenters. The van der Waals surface area contributed by atoms with Gasteiger partial charge in [0.2, 0.25) is 11.8 Å². The number of hydrogen-bond acceptors (Lipinski definition) is 2. The molecule has 0 aromatic heterocycles. The fraction of sp³-hybridized carbons (Fsp3) is 0.391. The molecule has 0 heterocycles. The van der Waals surface area contributed by atoms with Crippen LogP contribution in [0.25, 0.3) is 0 Å². The molecule has 2 bridgehead atoms. The van der Waals surface area contributed by atoms with E-state index in [2.05, 4.69) is 10.6 Å². The molecule has 4 nitrogen and oxygen atoms in total. The van der Waals surface area contributed by atoms with E-state index < -0.39 is 0 Å². The maximum Gasteiger partial charge on any atom is 0.224 e. The van der Waals surface area contributed by atoms with Crippen molar-refractivity contribution in [2.24, 2.45) is 23.7 Å². The lowest BCUT2D eigenvalue weighted by atomic mass is 9.78. The van der Waals surface area contributed by atoms with Crippen LogP contribution in [0.1, 0.15) is 30.4 Å². The van der Waals surface area contributed by atoms with Gasteiger partial charge in [-0.05, 0) is 42.2 Å². The summed E-state index contributed by atoms with van der Waals surface area (Å²) in [6, 6.07) is 19.8. The second-order valence-electron chi connectivity index (χ2n) is 7.79. The Morgan fingerprint density at radius 3 is 1.52 bits per heavy atom. The molecule has 2 aromatic rings. The summed E-state index contributed by atoms with van der Waals surface area (Å²) in [5.41, 5.74) is 2.16. The molecule has 2 amide bonds. The Hall–Kier alpha value is -2.62. The zero-order valence-corrected chi connectivity index (χ0v) is 15.4. The first-order valence-corrected chi connectivity index (χ1v) is 9.85. The number of rotatable bonds is 6. The monoisotopic (exact) mass is 362 g/mol. The Kier molecular flexibility index (Phi) is 5.23. The van der Waals surface area contributed by atoms with E-state index in [1.807, 2.05) is 60.7 Å². The summed E-state index contributed by atoms with van der Waals surface area (Å²) < 4.78 is 0. The first-order chi connectivity index (χ1) is 13.2. The van der Waals surface area contributed by atoms with Crippen LogP contribution >= 0.6 is 0 Å². The van der Waals surface area contributed by atoms with Crippen molar-refractivity contribution in [1.29, 1.82) is 0 Å². The van der Waals surface area contributed by atoms with Crippen LogP contribution < -0.4 is 10.6 Å². The van der Waals surface area contributed by atoms with Crippen LogP contribution in [0.15, 0.2) is 60.7 Å². The minimum absolute atomic E-state index is 0.0333. The lowest BCUT2D eigenvalue weighted by Crippen LogP contribution is -2.44. The lowest BCUT2D eigenvalue weighted by molar-refractivity contribution is -0.137. The average Bonchev–Trinajstić information content (AvgIpc) is 3.33. The summed E-state index contributed by atoms with van der Waals surface area (Å²) in [6.45, 7) is 1.04. The van der Waals surface area contributed by atoms with E-state index in [0.717, 1.165) is 30.4 Å². The Balaban J connectivity index is 1.39. The van der Waals surface area contributed by atoms with Gasteiger partial charge in [0.05, 0.1) is 11.8 Å². The average molecular weight is 362 g/mol. The number of carbonyl (C=O) groups excluding carboxylic acids is 2. The highest BCUT2D eigenvalue weighted by molar-refractivity contribution is 5.89. The highest BCUT2D eigenvalue weighted by Gasteiger charge is 2.53. The first kappa shape index (κ1) is 17.8. The summed E-state index contributed by atoms with van der Waals surface area (Å²) in [4.78, 5) is 25.8. The van der Waals surface area contributed by atoms with Gasteiger partial charge in [0.1, 0.15) is 0 Å². The number of carbonyl (C=O) groups is 2. The zero-order valence-electron chi connectivity index (χ0n) is 15.4. The molecule has 0 aliphatic heterocycles. The SMILES string of the molecule is O=C(NCc1ccccc1)[C@@H]1[C@H]2CC[C@@H](C2)[C@@H]1C(=O)NCc1ccccc1. The molecule has 4 heteroatoms. The molecule has 0 spiro atoms. The lowest BCUT2D eigenvalue weighted by Gasteiger charge is -2.29. The number of nitrogens with one attached hydrogen (secondary N) is 2. The highest BCUT2D eigenvalue weighted by atomic mass is 16.2. The van der Waals surface area contributed by atoms with E-state index in [1.165, 1.54) is 0 Å². The maximum absolute atomic E-state index is 12.9. The quantitative estimate of drug-likeness (QED) is 0.828.